The van der Waals surface area contributed by atoms with Crippen LogP contribution in [-0.2, 0) is 4.79 Å². The SMILES string of the molecule is CC(N)C1CCCN(CC(=O)N2CCCC3CCCCC32)C1.Cl. The Balaban J connectivity index is 0.00000192. The first-order valence-corrected chi connectivity index (χ1v) is 9.42. The third-order valence-electron chi connectivity index (χ3n) is 6.21. The zero-order valence-corrected chi connectivity index (χ0v) is 15.4. The highest BCUT2D eigenvalue weighted by atomic mass is 35.5. The topological polar surface area (TPSA) is 49.6 Å². The van der Waals surface area contributed by atoms with Gasteiger partial charge in [-0.25, -0.2) is 0 Å². The molecule has 3 rings (SSSR count). The normalized spacial score (nSPS) is 33.5. The summed E-state index contributed by atoms with van der Waals surface area (Å²) in [7, 11) is 0. The maximum absolute atomic E-state index is 12.9. The molecule has 2 aliphatic heterocycles. The second-order valence-electron chi connectivity index (χ2n) is 7.84. The zero-order chi connectivity index (χ0) is 15.5. The lowest BCUT2D eigenvalue weighted by Gasteiger charge is -2.45. The third kappa shape index (κ3) is 4.61. The Bertz CT molecular complexity index is 388. The average Bonchev–Trinajstić information content (AvgIpc) is 2.54. The largest absolute Gasteiger partial charge is 0.338 e. The van der Waals surface area contributed by atoms with Crippen molar-refractivity contribution in [3.63, 3.8) is 0 Å². The number of rotatable bonds is 3. The molecule has 4 unspecified atom stereocenters. The maximum Gasteiger partial charge on any atom is 0.237 e. The molecule has 4 atom stereocenters. The van der Waals surface area contributed by atoms with Gasteiger partial charge >= 0.3 is 0 Å². The highest BCUT2D eigenvalue weighted by Gasteiger charge is 2.36. The van der Waals surface area contributed by atoms with E-state index in [0.717, 1.165) is 25.6 Å². The van der Waals surface area contributed by atoms with Gasteiger partial charge < -0.3 is 10.6 Å². The van der Waals surface area contributed by atoms with Gasteiger partial charge in [-0.2, -0.15) is 0 Å². The van der Waals surface area contributed by atoms with Crippen molar-refractivity contribution < 1.29 is 4.79 Å². The van der Waals surface area contributed by atoms with Crippen LogP contribution in [-0.4, -0.2) is 54.0 Å². The minimum Gasteiger partial charge on any atom is -0.338 e. The van der Waals surface area contributed by atoms with Crippen molar-refractivity contribution >= 4 is 18.3 Å². The first-order valence-electron chi connectivity index (χ1n) is 9.42. The van der Waals surface area contributed by atoms with Gasteiger partial charge in [0.2, 0.25) is 5.91 Å². The second-order valence-corrected chi connectivity index (χ2v) is 7.84. The van der Waals surface area contributed by atoms with E-state index in [2.05, 4.69) is 16.7 Å². The van der Waals surface area contributed by atoms with Gasteiger partial charge in [0.1, 0.15) is 0 Å². The Labute approximate surface area is 147 Å². The molecule has 1 aliphatic carbocycles. The third-order valence-corrected chi connectivity index (χ3v) is 6.21. The number of halogens is 1. The van der Waals surface area contributed by atoms with Gasteiger partial charge in [0.05, 0.1) is 6.54 Å². The molecular formula is C18H34ClN3O. The fourth-order valence-electron chi connectivity index (χ4n) is 4.88. The van der Waals surface area contributed by atoms with E-state index in [-0.39, 0.29) is 18.4 Å². The van der Waals surface area contributed by atoms with Crippen molar-refractivity contribution in [1.82, 2.24) is 9.80 Å². The Hall–Kier alpha value is -0.320. The van der Waals surface area contributed by atoms with Gasteiger partial charge in [-0.05, 0) is 63.8 Å². The summed E-state index contributed by atoms with van der Waals surface area (Å²) in [6.45, 7) is 5.78. The molecule has 2 N–H and O–H groups in total. The van der Waals surface area contributed by atoms with Gasteiger partial charge in [-0.1, -0.05) is 12.8 Å². The monoisotopic (exact) mass is 343 g/mol. The Kier molecular flexibility index (Phi) is 7.18. The van der Waals surface area contributed by atoms with E-state index in [1.54, 1.807) is 0 Å². The summed E-state index contributed by atoms with van der Waals surface area (Å²) in [6.07, 6.45) is 10.2. The molecule has 3 aliphatic rings. The van der Waals surface area contributed by atoms with E-state index in [4.69, 9.17) is 5.73 Å². The Morgan fingerprint density at radius 1 is 1.09 bits per heavy atom. The summed E-state index contributed by atoms with van der Waals surface area (Å²) >= 11 is 0. The predicted octanol–water partition coefficient (Wildman–Crippen LogP) is 2.65. The number of hydrogen-bond acceptors (Lipinski definition) is 3. The first kappa shape index (κ1) is 19.0. The molecule has 0 aromatic heterocycles. The van der Waals surface area contributed by atoms with Crippen LogP contribution in [0.25, 0.3) is 0 Å². The van der Waals surface area contributed by atoms with Crippen LogP contribution in [0.1, 0.15) is 58.3 Å². The zero-order valence-electron chi connectivity index (χ0n) is 14.6. The number of nitrogens with zero attached hydrogens (tertiary/aromatic N) is 2. The number of amides is 1. The molecule has 1 amide bonds. The van der Waals surface area contributed by atoms with Gasteiger partial charge in [-0.15, -0.1) is 12.4 Å². The van der Waals surface area contributed by atoms with Crippen molar-refractivity contribution in [2.45, 2.75) is 70.4 Å². The highest BCUT2D eigenvalue weighted by molar-refractivity contribution is 5.85. The number of piperidine rings is 2. The summed E-state index contributed by atoms with van der Waals surface area (Å²) in [5.74, 6) is 1.72. The molecule has 0 aromatic carbocycles. The number of likely N-dealkylation sites (tertiary alicyclic amines) is 2. The molecule has 0 spiro atoms. The molecule has 134 valence electrons. The van der Waals surface area contributed by atoms with Crippen molar-refractivity contribution in [3.8, 4) is 0 Å². The second kappa shape index (κ2) is 8.68. The lowest BCUT2D eigenvalue weighted by atomic mass is 9.78. The number of carbonyl (C=O) groups is 1. The fourth-order valence-corrected chi connectivity index (χ4v) is 4.88. The molecule has 0 aromatic rings. The van der Waals surface area contributed by atoms with E-state index in [0.29, 0.717) is 24.4 Å². The Morgan fingerprint density at radius 3 is 2.57 bits per heavy atom. The molecule has 1 saturated carbocycles. The molecule has 2 heterocycles. The van der Waals surface area contributed by atoms with Crippen molar-refractivity contribution in [2.24, 2.45) is 17.6 Å². The van der Waals surface area contributed by atoms with E-state index in [1.165, 1.54) is 51.4 Å². The predicted molar refractivity (Wildman–Crippen MR) is 96.8 cm³/mol. The molecule has 4 nitrogen and oxygen atoms in total. The Morgan fingerprint density at radius 2 is 1.78 bits per heavy atom. The summed E-state index contributed by atoms with van der Waals surface area (Å²) in [6, 6.07) is 0.791. The quantitative estimate of drug-likeness (QED) is 0.857. The van der Waals surface area contributed by atoms with Crippen molar-refractivity contribution in [1.29, 1.82) is 0 Å². The molecular weight excluding hydrogens is 310 g/mol. The van der Waals surface area contributed by atoms with Gasteiger partial charge in [0.15, 0.2) is 0 Å². The van der Waals surface area contributed by atoms with E-state index in [9.17, 15) is 4.79 Å². The van der Waals surface area contributed by atoms with Gasteiger partial charge in [0.25, 0.3) is 0 Å². The number of hydrogen-bond donors (Lipinski definition) is 1. The summed E-state index contributed by atoms with van der Waals surface area (Å²) in [5, 5.41) is 0. The van der Waals surface area contributed by atoms with Gasteiger partial charge in [0, 0.05) is 25.2 Å². The van der Waals surface area contributed by atoms with Crippen LogP contribution >= 0.6 is 12.4 Å². The maximum atomic E-state index is 12.9. The van der Waals surface area contributed by atoms with Gasteiger partial charge in [-0.3, -0.25) is 9.69 Å². The van der Waals surface area contributed by atoms with Crippen molar-refractivity contribution in [2.75, 3.05) is 26.2 Å². The van der Waals surface area contributed by atoms with Crippen molar-refractivity contribution in [3.05, 3.63) is 0 Å². The van der Waals surface area contributed by atoms with E-state index < -0.39 is 0 Å². The molecule has 0 bridgehead atoms. The van der Waals surface area contributed by atoms with Crippen LogP contribution in [0.2, 0.25) is 0 Å². The van der Waals surface area contributed by atoms with Crippen LogP contribution in [0, 0.1) is 11.8 Å². The van der Waals surface area contributed by atoms with Crippen LogP contribution in [0.3, 0.4) is 0 Å². The fraction of sp³-hybridized carbons (Fsp3) is 0.944. The molecule has 23 heavy (non-hydrogen) atoms. The number of fused-ring (bicyclic) bond motifs is 1. The lowest BCUT2D eigenvalue weighted by molar-refractivity contribution is -0.139. The summed E-state index contributed by atoms with van der Waals surface area (Å²) in [5.41, 5.74) is 6.07. The standard InChI is InChI=1S/C18H33N3O.ClH/c1-14(19)16-8-4-10-20(12-16)13-18(22)21-11-5-7-15-6-2-3-9-17(15)21;/h14-17H,2-13,19H2,1H3;1H. The highest BCUT2D eigenvalue weighted by Crippen LogP contribution is 2.35. The van der Waals surface area contributed by atoms with E-state index >= 15 is 0 Å². The molecule has 2 saturated heterocycles. The average molecular weight is 344 g/mol. The summed E-state index contributed by atoms with van der Waals surface area (Å²) in [4.78, 5) is 17.4. The first-order chi connectivity index (χ1) is 10.6. The molecule has 0 radical (unpaired) electrons. The summed E-state index contributed by atoms with van der Waals surface area (Å²) < 4.78 is 0. The number of nitrogens with two attached hydrogens (primary N) is 1. The minimum atomic E-state index is 0. The minimum absolute atomic E-state index is 0. The van der Waals surface area contributed by atoms with Crippen LogP contribution in [0.4, 0.5) is 0 Å². The van der Waals surface area contributed by atoms with Crippen LogP contribution in [0.5, 0.6) is 0 Å². The van der Waals surface area contributed by atoms with E-state index in [1.807, 2.05) is 0 Å². The molecule has 3 fully saturated rings. The van der Waals surface area contributed by atoms with Crippen LogP contribution in [0.15, 0.2) is 0 Å². The van der Waals surface area contributed by atoms with Crippen LogP contribution < -0.4 is 5.73 Å². The molecule has 5 heteroatoms. The number of carbonyl (C=O) groups excluding carboxylic acids is 1. The smallest absolute Gasteiger partial charge is 0.237 e. The lowest BCUT2D eigenvalue weighted by Crippen LogP contribution is -2.53.